The van der Waals surface area contributed by atoms with Gasteiger partial charge in [-0.3, -0.25) is 0 Å². The Balaban J connectivity index is 1.59. The summed E-state index contributed by atoms with van der Waals surface area (Å²) in [4.78, 5) is 13.8. The second-order valence-electron chi connectivity index (χ2n) is 5.98. The molecule has 1 atom stereocenters. The number of amides is 1. The van der Waals surface area contributed by atoms with Crippen molar-refractivity contribution >= 4 is 40.9 Å². The number of carbonyl (C=O) groups is 1. The molecule has 1 saturated carbocycles. The predicted molar refractivity (Wildman–Crippen MR) is 90.9 cm³/mol. The topological polar surface area (TPSA) is 38.8 Å². The summed E-state index contributed by atoms with van der Waals surface area (Å²) in [6.45, 7) is 1.87. The smallest absolute Gasteiger partial charge is 0.415 e. The minimum atomic E-state index is -0.690. The molecule has 0 radical (unpaired) electrons. The molecular weight excluding hydrogens is 361 g/mol. The molecule has 4 nitrogen and oxygen atoms in total. The highest BCUT2D eigenvalue weighted by atomic mass is 35.5. The van der Waals surface area contributed by atoms with Gasteiger partial charge in [-0.25, -0.2) is 4.79 Å². The van der Waals surface area contributed by atoms with Crippen LogP contribution in [-0.4, -0.2) is 35.0 Å². The zero-order valence-electron chi connectivity index (χ0n) is 12.6. The molecule has 1 heterocycles. The fourth-order valence-corrected chi connectivity index (χ4v) is 3.21. The summed E-state index contributed by atoms with van der Waals surface area (Å²) < 4.78 is 10.4. The van der Waals surface area contributed by atoms with Gasteiger partial charge in [-0.15, -0.1) is 23.2 Å². The van der Waals surface area contributed by atoms with Gasteiger partial charge in [-0.2, -0.15) is 0 Å². The van der Waals surface area contributed by atoms with Crippen molar-refractivity contribution in [3.05, 3.63) is 23.2 Å². The molecule has 2 fully saturated rings. The van der Waals surface area contributed by atoms with Crippen molar-refractivity contribution in [3.63, 3.8) is 0 Å². The number of halogens is 3. The number of piperidine rings is 1. The SMILES string of the molecule is O=C(Oc1ccc(Cl)c(OCC2CC2(Cl)Cl)c1)N1CCCCC1. The lowest BCUT2D eigenvalue weighted by Gasteiger charge is -2.25. The molecule has 23 heavy (non-hydrogen) atoms. The van der Waals surface area contributed by atoms with Gasteiger partial charge in [-0.05, 0) is 37.8 Å². The monoisotopic (exact) mass is 377 g/mol. The molecule has 3 rings (SSSR count). The highest BCUT2D eigenvalue weighted by Crippen LogP contribution is 2.53. The molecule has 126 valence electrons. The van der Waals surface area contributed by atoms with E-state index >= 15 is 0 Å². The number of hydrogen-bond donors (Lipinski definition) is 0. The Hall–Kier alpha value is -0.840. The molecule has 0 spiro atoms. The number of likely N-dealkylation sites (tertiary alicyclic amines) is 1. The predicted octanol–water partition coefficient (Wildman–Crippen LogP) is 4.90. The van der Waals surface area contributed by atoms with Crippen molar-refractivity contribution in [2.75, 3.05) is 19.7 Å². The first-order chi connectivity index (χ1) is 11.0. The Bertz CT molecular complexity index is 588. The van der Waals surface area contributed by atoms with Gasteiger partial charge in [0.25, 0.3) is 0 Å². The fourth-order valence-electron chi connectivity index (χ4n) is 2.54. The van der Waals surface area contributed by atoms with Gasteiger partial charge in [0.1, 0.15) is 15.8 Å². The number of hydrogen-bond acceptors (Lipinski definition) is 3. The van der Waals surface area contributed by atoms with Crippen LogP contribution in [0.25, 0.3) is 0 Å². The Morgan fingerprint density at radius 1 is 1.26 bits per heavy atom. The summed E-state index contributed by atoms with van der Waals surface area (Å²) in [5.41, 5.74) is 0. The fraction of sp³-hybridized carbons (Fsp3) is 0.562. The molecule has 0 N–H and O–H groups in total. The van der Waals surface area contributed by atoms with Crippen LogP contribution >= 0.6 is 34.8 Å². The molecule has 1 aromatic rings. The van der Waals surface area contributed by atoms with Gasteiger partial charge in [0.15, 0.2) is 0 Å². The zero-order valence-corrected chi connectivity index (χ0v) is 14.8. The summed E-state index contributed by atoms with van der Waals surface area (Å²) in [5, 5.41) is 0.457. The molecule has 1 saturated heterocycles. The average molecular weight is 379 g/mol. The van der Waals surface area contributed by atoms with Gasteiger partial charge in [0, 0.05) is 25.1 Å². The Morgan fingerprint density at radius 3 is 2.61 bits per heavy atom. The van der Waals surface area contributed by atoms with E-state index in [-0.39, 0.29) is 12.0 Å². The van der Waals surface area contributed by atoms with Crippen LogP contribution in [0.4, 0.5) is 4.79 Å². The van der Waals surface area contributed by atoms with E-state index in [1.54, 1.807) is 23.1 Å². The van der Waals surface area contributed by atoms with Crippen LogP contribution in [0.3, 0.4) is 0 Å². The van der Waals surface area contributed by atoms with Crippen LogP contribution in [0, 0.1) is 5.92 Å². The van der Waals surface area contributed by atoms with Gasteiger partial charge >= 0.3 is 6.09 Å². The van der Waals surface area contributed by atoms with Crippen LogP contribution in [0.15, 0.2) is 18.2 Å². The van der Waals surface area contributed by atoms with E-state index < -0.39 is 4.33 Å². The van der Waals surface area contributed by atoms with E-state index in [1.165, 1.54) is 0 Å². The molecule has 0 bridgehead atoms. The Kier molecular flexibility index (Phi) is 5.14. The molecular formula is C16H18Cl3NO3. The zero-order chi connectivity index (χ0) is 16.4. The third-order valence-electron chi connectivity index (χ3n) is 4.12. The third-order valence-corrected chi connectivity index (χ3v) is 5.36. The first-order valence-electron chi connectivity index (χ1n) is 7.72. The lowest BCUT2D eigenvalue weighted by molar-refractivity contribution is 0.142. The quantitative estimate of drug-likeness (QED) is 0.700. The van der Waals surface area contributed by atoms with Crippen LogP contribution < -0.4 is 9.47 Å². The summed E-state index contributed by atoms with van der Waals surface area (Å²) in [5.74, 6) is 0.979. The number of rotatable bonds is 4. The maximum absolute atomic E-state index is 12.1. The van der Waals surface area contributed by atoms with Crippen molar-refractivity contribution in [1.29, 1.82) is 0 Å². The molecule has 0 aromatic heterocycles. The maximum atomic E-state index is 12.1. The van der Waals surface area contributed by atoms with Crippen LogP contribution in [0.1, 0.15) is 25.7 Å². The van der Waals surface area contributed by atoms with E-state index in [9.17, 15) is 4.79 Å². The van der Waals surface area contributed by atoms with Crippen molar-refractivity contribution in [2.24, 2.45) is 5.92 Å². The number of ether oxygens (including phenoxy) is 2. The second kappa shape index (κ2) is 6.96. The van der Waals surface area contributed by atoms with Crippen LogP contribution in [-0.2, 0) is 0 Å². The first-order valence-corrected chi connectivity index (χ1v) is 8.86. The Labute approximate surface area is 150 Å². The van der Waals surface area contributed by atoms with Gasteiger partial charge in [0.05, 0.1) is 11.6 Å². The summed E-state index contributed by atoms with van der Waals surface area (Å²) in [7, 11) is 0. The van der Waals surface area contributed by atoms with E-state index in [1.807, 2.05) is 0 Å². The minimum absolute atomic E-state index is 0.0986. The number of nitrogens with zero attached hydrogens (tertiary/aromatic N) is 1. The van der Waals surface area contributed by atoms with Crippen molar-refractivity contribution < 1.29 is 14.3 Å². The van der Waals surface area contributed by atoms with Crippen LogP contribution in [0.5, 0.6) is 11.5 Å². The van der Waals surface area contributed by atoms with Crippen molar-refractivity contribution in [3.8, 4) is 11.5 Å². The number of carbonyl (C=O) groups excluding carboxylic acids is 1. The molecule has 1 amide bonds. The normalized spacial score (nSPS) is 22.6. The Morgan fingerprint density at radius 2 is 1.96 bits per heavy atom. The number of alkyl halides is 2. The molecule has 7 heteroatoms. The lowest BCUT2D eigenvalue weighted by Crippen LogP contribution is -2.37. The summed E-state index contributed by atoms with van der Waals surface area (Å²) in [6.07, 6.45) is 3.57. The van der Waals surface area contributed by atoms with Crippen LogP contribution in [0.2, 0.25) is 5.02 Å². The van der Waals surface area contributed by atoms with Gasteiger partial charge in [0.2, 0.25) is 0 Å². The lowest BCUT2D eigenvalue weighted by atomic mass is 10.1. The third kappa shape index (κ3) is 4.37. The minimum Gasteiger partial charge on any atom is -0.491 e. The van der Waals surface area contributed by atoms with Gasteiger partial charge < -0.3 is 14.4 Å². The van der Waals surface area contributed by atoms with Gasteiger partial charge in [-0.1, -0.05) is 11.6 Å². The number of benzene rings is 1. The van der Waals surface area contributed by atoms with Crippen molar-refractivity contribution in [1.82, 2.24) is 4.90 Å². The second-order valence-corrected chi connectivity index (χ2v) is 7.93. The molecule has 1 aliphatic heterocycles. The highest BCUT2D eigenvalue weighted by molar-refractivity contribution is 6.50. The van der Waals surface area contributed by atoms with E-state index in [2.05, 4.69) is 0 Å². The average Bonchev–Trinajstić information content (AvgIpc) is 3.15. The van der Waals surface area contributed by atoms with E-state index in [4.69, 9.17) is 44.3 Å². The maximum Gasteiger partial charge on any atom is 0.415 e. The van der Waals surface area contributed by atoms with E-state index in [0.717, 1.165) is 32.4 Å². The standard InChI is InChI=1S/C16H18Cl3NO3/c17-13-5-4-12(23-15(21)20-6-2-1-3-7-20)8-14(13)22-10-11-9-16(11,18)19/h4-5,8,11H,1-3,6-7,9-10H2. The van der Waals surface area contributed by atoms with E-state index in [0.29, 0.717) is 29.5 Å². The van der Waals surface area contributed by atoms with Crippen molar-refractivity contribution in [2.45, 2.75) is 30.0 Å². The molecule has 1 aromatic carbocycles. The first kappa shape index (κ1) is 17.0. The largest absolute Gasteiger partial charge is 0.491 e. The summed E-state index contributed by atoms with van der Waals surface area (Å²) >= 11 is 18.1. The molecule has 2 aliphatic rings. The summed E-state index contributed by atoms with van der Waals surface area (Å²) in [6, 6.07) is 4.93. The molecule has 1 aliphatic carbocycles. The molecule has 1 unspecified atom stereocenters. The highest BCUT2D eigenvalue weighted by Gasteiger charge is 2.52.